The van der Waals surface area contributed by atoms with Gasteiger partial charge >= 0.3 is 5.97 Å². The number of halogens is 1. The van der Waals surface area contributed by atoms with Crippen molar-refractivity contribution >= 4 is 23.5 Å². The Hall–Kier alpha value is -2.60. The molecule has 1 unspecified atom stereocenters. The first kappa shape index (κ1) is 18.7. The fraction of sp³-hybridized carbons (Fsp3) is 0.278. The highest BCUT2D eigenvalue weighted by atomic mass is 35.5. The molecule has 0 fully saturated rings. The number of nitrogens with zero attached hydrogens (tertiary/aromatic N) is 1. The first-order valence-corrected chi connectivity index (χ1v) is 8.21. The summed E-state index contributed by atoms with van der Waals surface area (Å²) < 4.78 is 1.41. The third-order valence-electron chi connectivity index (χ3n) is 3.71. The molecule has 7 heteroatoms. The summed E-state index contributed by atoms with van der Waals surface area (Å²) in [7, 11) is 0. The molecule has 132 valence electrons. The number of amides is 1. The maximum Gasteiger partial charge on any atom is 0.303 e. The van der Waals surface area contributed by atoms with Crippen molar-refractivity contribution in [2.75, 3.05) is 0 Å². The molecule has 25 heavy (non-hydrogen) atoms. The Morgan fingerprint density at radius 1 is 1.24 bits per heavy atom. The molecule has 0 bridgehead atoms. The molecule has 2 aromatic rings. The van der Waals surface area contributed by atoms with Crippen molar-refractivity contribution in [3.05, 3.63) is 69.1 Å². The summed E-state index contributed by atoms with van der Waals surface area (Å²) in [5.74, 6) is -1.26. The molecular weight excluding hydrogens is 344 g/mol. The topological polar surface area (TPSA) is 88.4 Å². The second kappa shape index (κ2) is 8.48. The second-order valence-corrected chi connectivity index (χ2v) is 6.19. The summed E-state index contributed by atoms with van der Waals surface area (Å²) in [5.41, 5.74) is 0.864. The van der Waals surface area contributed by atoms with Gasteiger partial charge in [0.1, 0.15) is 0 Å². The second-order valence-electron chi connectivity index (χ2n) is 5.78. The van der Waals surface area contributed by atoms with E-state index in [2.05, 4.69) is 5.32 Å². The van der Waals surface area contributed by atoms with E-state index in [1.165, 1.54) is 22.9 Å². The van der Waals surface area contributed by atoms with Gasteiger partial charge in [0.25, 0.3) is 11.5 Å². The Morgan fingerprint density at radius 3 is 2.64 bits per heavy atom. The minimum absolute atomic E-state index is 0.0204. The average Bonchev–Trinajstić information content (AvgIpc) is 2.56. The lowest BCUT2D eigenvalue weighted by molar-refractivity contribution is -0.137. The van der Waals surface area contributed by atoms with Crippen LogP contribution >= 0.6 is 11.6 Å². The van der Waals surface area contributed by atoms with E-state index in [0.717, 1.165) is 5.56 Å². The predicted octanol–water partition coefficient (Wildman–Crippen LogP) is 2.53. The van der Waals surface area contributed by atoms with E-state index in [9.17, 15) is 14.4 Å². The number of carboxylic acid groups (broad SMARTS) is 1. The summed E-state index contributed by atoms with van der Waals surface area (Å²) in [4.78, 5) is 34.9. The summed E-state index contributed by atoms with van der Waals surface area (Å²) in [6.45, 7) is 1.99. The van der Waals surface area contributed by atoms with Crippen LogP contribution in [0, 0.1) is 0 Å². The number of benzene rings is 1. The van der Waals surface area contributed by atoms with Gasteiger partial charge in [-0.3, -0.25) is 14.4 Å². The predicted molar refractivity (Wildman–Crippen MR) is 95.1 cm³/mol. The number of rotatable bonds is 7. The minimum atomic E-state index is -0.908. The number of aromatic nitrogens is 1. The van der Waals surface area contributed by atoms with Crippen LogP contribution in [0.4, 0.5) is 0 Å². The average molecular weight is 363 g/mol. The Kier molecular flexibility index (Phi) is 6.36. The molecule has 0 aliphatic heterocycles. The molecule has 0 spiro atoms. The normalized spacial score (nSPS) is 11.8. The lowest BCUT2D eigenvalue weighted by Gasteiger charge is -2.14. The molecule has 6 nitrogen and oxygen atoms in total. The van der Waals surface area contributed by atoms with Gasteiger partial charge in [-0.2, -0.15) is 0 Å². The van der Waals surface area contributed by atoms with Crippen LogP contribution < -0.4 is 10.9 Å². The standard InChI is InChI=1S/C18H19ClN2O4/c1-12(6-9-17(23)24)20-18(25)14-7-8-16(22)21(11-14)10-13-4-2-3-5-15(13)19/h2-5,7-8,11-12H,6,9-10H2,1H3,(H,20,25)(H,23,24). The molecule has 1 aromatic carbocycles. The molecule has 1 heterocycles. The van der Waals surface area contributed by atoms with Crippen LogP contribution in [0.1, 0.15) is 35.7 Å². The van der Waals surface area contributed by atoms with Crippen molar-refractivity contribution in [2.45, 2.75) is 32.4 Å². The zero-order chi connectivity index (χ0) is 18.4. The summed E-state index contributed by atoms with van der Waals surface area (Å²) in [6, 6.07) is 9.67. The molecule has 1 amide bonds. The molecule has 0 saturated carbocycles. The summed E-state index contributed by atoms with van der Waals surface area (Å²) in [6.07, 6.45) is 1.79. The number of pyridine rings is 1. The number of carbonyl (C=O) groups is 2. The zero-order valence-electron chi connectivity index (χ0n) is 13.7. The maximum absolute atomic E-state index is 12.3. The molecule has 2 rings (SSSR count). The molecule has 1 aromatic heterocycles. The van der Waals surface area contributed by atoms with E-state index < -0.39 is 5.97 Å². The third-order valence-corrected chi connectivity index (χ3v) is 4.08. The van der Waals surface area contributed by atoms with E-state index in [1.54, 1.807) is 19.1 Å². The van der Waals surface area contributed by atoms with Crippen molar-refractivity contribution in [1.29, 1.82) is 0 Å². The molecule has 0 aliphatic carbocycles. The number of hydrogen-bond donors (Lipinski definition) is 2. The van der Waals surface area contributed by atoms with Gasteiger partial charge in [0.05, 0.1) is 12.1 Å². The Balaban J connectivity index is 2.12. The minimum Gasteiger partial charge on any atom is -0.481 e. The number of aliphatic carboxylic acids is 1. The lowest BCUT2D eigenvalue weighted by Crippen LogP contribution is -2.34. The fourth-order valence-electron chi connectivity index (χ4n) is 2.32. The third kappa shape index (κ3) is 5.46. The quantitative estimate of drug-likeness (QED) is 0.792. The highest BCUT2D eigenvalue weighted by Crippen LogP contribution is 2.15. The van der Waals surface area contributed by atoms with E-state index in [0.29, 0.717) is 17.0 Å². The molecule has 0 radical (unpaired) electrons. The maximum atomic E-state index is 12.3. The van der Waals surface area contributed by atoms with Crippen LogP contribution in [0.2, 0.25) is 5.02 Å². The van der Waals surface area contributed by atoms with Gasteiger partial charge in [-0.25, -0.2) is 0 Å². The molecule has 0 saturated heterocycles. The molecule has 0 aliphatic rings. The highest BCUT2D eigenvalue weighted by Gasteiger charge is 2.13. The number of hydrogen-bond acceptors (Lipinski definition) is 3. The number of carbonyl (C=O) groups excluding carboxylic acids is 1. The molecule has 1 atom stereocenters. The van der Waals surface area contributed by atoms with Crippen molar-refractivity contribution < 1.29 is 14.7 Å². The van der Waals surface area contributed by atoms with Crippen LogP contribution in [0.3, 0.4) is 0 Å². The fourth-order valence-corrected chi connectivity index (χ4v) is 2.51. The summed E-state index contributed by atoms with van der Waals surface area (Å²) in [5, 5.41) is 12.0. The van der Waals surface area contributed by atoms with Crippen molar-refractivity contribution in [3.63, 3.8) is 0 Å². The lowest BCUT2D eigenvalue weighted by atomic mass is 10.1. The first-order valence-electron chi connectivity index (χ1n) is 7.83. The van der Waals surface area contributed by atoms with Crippen LogP contribution in [-0.4, -0.2) is 27.6 Å². The van der Waals surface area contributed by atoms with E-state index in [-0.39, 0.29) is 30.5 Å². The van der Waals surface area contributed by atoms with Gasteiger partial charge in [-0.15, -0.1) is 0 Å². The van der Waals surface area contributed by atoms with E-state index >= 15 is 0 Å². The SMILES string of the molecule is CC(CCC(=O)O)NC(=O)c1ccc(=O)n(Cc2ccccc2Cl)c1. The van der Waals surface area contributed by atoms with E-state index in [1.807, 2.05) is 12.1 Å². The van der Waals surface area contributed by atoms with Gasteiger partial charge < -0.3 is 15.0 Å². The van der Waals surface area contributed by atoms with Crippen molar-refractivity contribution in [1.82, 2.24) is 9.88 Å². The van der Waals surface area contributed by atoms with Crippen LogP contribution in [0.5, 0.6) is 0 Å². The zero-order valence-corrected chi connectivity index (χ0v) is 14.5. The van der Waals surface area contributed by atoms with Gasteiger partial charge in [0.2, 0.25) is 0 Å². The highest BCUT2D eigenvalue weighted by molar-refractivity contribution is 6.31. The van der Waals surface area contributed by atoms with Crippen LogP contribution in [0.15, 0.2) is 47.4 Å². The monoisotopic (exact) mass is 362 g/mol. The van der Waals surface area contributed by atoms with Crippen molar-refractivity contribution in [2.24, 2.45) is 0 Å². The van der Waals surface area contributed by atoms with Crippen LogP contribution in [-0.2, 0) is 11.3 Å². The number of nitrogens with one attached hydrogen (secondary N) is 1. The largest absolute Gasteiger partial charge is 0.481 e. The van der Waals surface area contributed by atoms with Gasteiger partial charge in [0, 0.05) is 29.7 Å². The smallest absolute Gasteiger partial charge is 0.303 e. The first-order chi connectivity index (χ1) is 11.9. The Labute approximate surface area is 150 Å². The summed E-state index contributed by atoms with van der Waals surface area (Å²) >= 11 is 6.12. The molecular formula is C18H19ClN2O4. The van der Waals surface area contributed by atoms with E-state index in [4.69, 9.17) is 16.7 Å². The van der Waals surface area contributed by atoms with Gasteiger partial charge in [-0.1, -0.05) is 29.8 Å². The van der Waals surface area contributed by atoms with Gasteiger partial charge in [-0.05, 0) is 31.0 Å². The van der Waals surface area contributed by atoms with Gasteiger partial charge in [0.15, 0.2) is 0 Å². The number of carboxylic acids is 1. The Bertz CT molecular complexity index is 832. The van der Waals surface area contributed by atoms with Crippen LogP contribution in [0.25, 0.3) is 0 Å². The Morgan fingerprint density at radius 2 is 1.96 bits per heavy atom. The molecule has 2 N–H and O–H groups in total. The van der Waals surface area contributed by atoms with Crippen molar-refractivity contribution in [3.8, 4) is 0 Å².